The first kappa shape index (κ1) is 15.5. The number of carbonyl (C=O) groups excluding carboxylic acids is 1. The van der Waals surface area contributed by atoms with Crippen LogP contribution in [-0.4, -0.2) is 14.3 Å². The molecule has 0 spiro atoms. The number of hydrogen-bond donors (Lipinski definition) is 1. The van der Waals surface area contributed by atoms with Crippen molar-refractivity contribution in [3.05, 3.63) is 22.7 Å². The quantitative estimate of drug-likeness (QED) is 0.843. The molecule has 1 N–H and O–H groups in total. The number of rotatable bonds is 4. The van der Waals surface area contributed by atoms with Crippen LogP contribution >= 0.6 is 26.6 Å². The summed E-state index contributed by atoms with van der Waals surface area (Å²) in [7, 11) is 1.46. The summed E-state index contributed by atoms with van der Waals surface area (Å²) in [6, 6.07) is 4.36. The number of carbonyl (C=O) groups is 1. The molecule has 0 bridgehead atoms. The zero-order chi connectivity index (χ0) is 13.9. The Morgan fingerprint density at radius 3 is 2.56 bits per heavy atom. The molecule has 1 aromatic rings. The fourth-order valence-corrected chi connectivity index (χ4v) is 3.45. The molecular weight excluding hydrogens is 342 g/mol. The van der Waals surface area contributed by atoms with E-state index in [-0.39, 0.29) is 16.7 Å². The molecule has 1 atom stereocenters. The van der Waals surface area contributed by atoms with Crippen molar-refractivity contribution >= 4 is 47.3 Å². The smallest absolute Gasteiger partial charge is 0.262 e. The highest BCUT2D eigenvalue weighted by atomic mass is 79.9. The molecule has 0 heterocycles. The summed E-state index contributed by atoms with van der Waals surface area (Å²) in [5, 5.41) is 2.71. The van der Waals surface area contributed by atoms with E-state index >= 15 is 0 Å². The van der Waals surface area contributed by atoms with E-state index in [2.05, 4.69) is 21.2 Å². The van der Waals surface area contributed by atoms with E-state index in [0.717, 1.165) is 6.42 Å². The van der Waals surface area contributed by atoms with Gasteiger partial charge in [-0.2, -0.15) is 0 Å². The molecule has 1 unspecified atom stereocenters. The highest BCUT2D eigenvalue weighted by molar-refractivity contribution is 9.10. The molecule has 7 heteroatoms. The molecule has 1 amide bonds. The van der Waals surface area contributed by atoms with E-state index in [1.54, 1.807) is 0 Å². The summed E-state index contributed by atoms with van der Waals surface area (Å²) in [5.74, 6) is -0.203. The van der Waals surface area contributed by atoms with Gasteiger partial charge in [0.1, 0.15) is 0 Å². The molecular formula is C11H13BrClNO3S. The topological polar surface area (TPSA) is 63.2 Å². The Morgan fingerprint density at radius 2 is 2.11 bits per heavy atom. The van der Waals surface area contributed by atoms with Crippen molar-refractivity contribution in [2.75, 3.05) is 5.32 Å². The second-order valence-electron chi connectivity index (χ2n) is 3.88. The van der Waals surface area contributed by atoms with Gasteiger partial charge >= 0.3 is 0 Å². The van der Waals surface area contributed by atoms with Crippen LogP contribution in [0.3, 0.4) is 0 Å². The highest BCUT2D eigenvalue weighted by Gasteiger charge is 2.16. The summed E-state index contributed by atoms with van der Waals surface area (Å²) < 4.78 is 22.7. The maximum atomic E-state index is 11.7. The molecule has 0 aromatic heterocycles. The van der Waals surface area contributed by atoms with Crippen LogP contribution in [0.1, 0.15) is 20.3 Å². The number of amides is 1. The fraction of sp³-hybridized carbons (Fsp3) is 0.364. The molecule has 0 saturated heterocycles. The Morgan fingerprint density at radius 1 is 1.50 bits per heavy atom. The molecule has 0 saturated carbocycles. The van der Waals surface area contributed by atoms with Crippen LogP contribution in [0.25, 0.3) is 0 Å². The summed E-state index contributed by atoms with van der Waals surface area (Å²) >= 11 is 3.11. The number of benzene rings is 1. The van der Waals surface area contributed by atoms with Crippen LogP contribution in [0.4, 0.5) is 5.69 Å². The first-order valence-electron chi connectivity index (χ1n) is 5.30. The van der Waals surface area contributed by atoms with Crippen molar-refractivity contribution in [2.45, 2.75) is 25.2 Å². The minimum atomic E-state index is -3.79. The molecule has 1 rings (SSSR count). The van der Waals surface area contributed by atoms with Gasteiger partial charge in [0.15, 0.2) is 0 Å². The third-order valence-corrected chi connectivity index (χ3v) is 4.82. The van der Waals surface area contributed by atoms with Gasteiger partial charge in [0.05, 0.1) is 4.90 Å². The average molecular weight is 355 g/mol. The van der Waals surface area contributed by atoms with Crippen LogP contribution in [-0.2, 0) is 13.8 Å². The van der Waals surface area contributed by atoms with Crippen LogP contribution in [0.2, 0.25) is 0 Å². The van der Waals surface area contributed by atoms with E-state index in [1.165, 1.54) is 18.2 Å². The second kappa shape index (κ2) is 6.04. The Balaban J connectivity index is 2.96. The molecule has 0 fully saturated rings. The largest absolute Gasteiger partial charge is 0.326 e. The Bertz CT molecular complexity index is 559. The zero-order valence-corrected chi connectivity index (χ0v) is 13.1. The van der Waals surface area contributed by atoms with Gasteiger partial charge in [0.2, 0.25) is 5.91 Å². The molecule has 0 radical (unpaired) electrons. The molecule has 0 aliphatic heterocycles. The van der Waals surface area contributed by atoms with Crippen LogP contribution in [0.15, 0.2) is 27.6 Å². The van der Waals surface area contributed by atoms with Crippen molar-refractivity contribution in [3.63, 3.8) is 0 Å². The van der Waals surface area contributed by atoms with Crippen molar-refractivity contribution < 1.29 is 13.2 Å². The number of hydrogen-bond acceptors (Lipinski definition) is 3. The lowest BCUT2D eigenvalue weighted by atomic mass is 10.1. The van der Waals surface area contributed by atoms with Gasteiger partial charge in [0.25, 0.3) is 9.05 Å². The lowest BCUT2D eigenvalue weighted by molar-refractivity contribution is -0.119. The molecule has 100 valence electrons. The summed E-state index contributed by atoms with van der Waals surface area (Å²) in [5.41, 5.74) is 0.524. The van der Waals surface area contributed by atoms with Gasteiger partial charge in [-0.25, -0.2) is 8.42 Å². The molecule has 0 aliphatic carbocycles. The lowest BCUT2D eigenvalue weighted by Gasteiger charge is -2.11. The van der Waals surface area contributed by atoms with Gasteiger partial charge in [-0.15, -0.1) is 0 Å². The normalized spacial score (nSPS) is 13.1. The Kier molecular flexibility index (Phi) is 5.19. The summed E-state index contributed by atoms with van der Waals surface area (Å²) in [4.78, 5) is 11.6. The van der Waals surface area contributed by atoms with Gasteiger partial charge in [0, 0.05) is 26.8 Å². The first-order valence-corrected chi connectivity index (χ1v) is 8.41. The van der Waals surface area contributed by atoms with Gasteiger partial charge < -0.3 is 5.32 Å². The van der Waals surface area contributed by atoms with Gasteiger partial charge in [-0.05, 0) is 40.5 Å². The van der Waals surface area contributed by atoms with E-state index in [1.807, 2.05) is 13.8 Å². The van der Waals surface area contributed by atoms with Crippen molar-refractivity contribution in [1.29, 1.82) is 0 Å². The van der Waals surface area contributed by atoms with Crippen molar-refractivity contribution in [2.24, 2.45) is 5.92 Å². The second-order valence-corrected chi connectivity index (χ2v) is 7.27. The predicted molar refractivity (Wildman–Crippen MR) is 75.3 cm³/mol. The third-order valence-electron chi connectivity index (χ3n) is 2.52. The minimum absolute atomic E-state index is 0.0225. The lowest BCUT2D eigenvalue weighted by Crippen LogP contribution is -2.19. The summed E-state index contributed by atoms with van der Waals surface area (Å²) in [6.45, 7) is 3.74. The van der Waals surface area contributed by atoms with Crippen molar-refractivity contribution in [1.82, 2.24) is 0 Å². The molecule has 1 aromatic carbocycles. The fourth-order valence-electron chi connectivity index (χ4n) is 1.23. The van der Waals surface area contributed by atoms with Crippen molar-refractivity contribution in [3.8, 4) is 0 Å². The van der Waals surface area contributed by atoms with Gasteiger partial charge in [-0.3, -0.25) is 4.79 Å². The van der Waals surface area contributed by atoms with Gasteiger partial charge in [-0.1, -0.05) is 13.8 Å². The maximum Gasteiger partial charge on any atom is 0.262 e. The van der Waals surface area contributed by atoms with Crippen LogP contribution in [0.5, 0.6) is 0 Å². The Labute approximate surface area is 119 Å². The standard InChI is InChI=1S/C11H13BrClNO3S/c1-3-7(2)11(15)14-8-4-5-10(9(12)6-8)18(13,16)17/h4-7H,3H2,1-2H3,(H,14,15). The Hall–Kier alpha value is -0.590. The first-order chi connectivity index (χ1) is 8.25. The molecule has 4 nitrogen and oxygen atoms in total. The third kappa shape index (κ3) is 3.96. The highest BCUT2D eigenvalue weighted by Crippen LogP contribution is 2.28. The molecule has 18 heavy (non-hydrogen) atoms. The van der Waals surface area contributed by atoms with Crippen LogP contribution in [0, 0.1) is 5.92 Å². The predicted octanol–water partition coefficient (Wildman–Crippen LogP) is 3.36. The molecule has 0 aliphatic rings. The van der Waals surface area contributed by atoms with E-state index in [4.69, 9.17) is 10.7 Å². The SMILES string of the molecule is CCC(C)C(=O)Nc1ccc(S(=O)(=O)Cl)c(Br)c1. The zero-order valence-electron chi connectivity index (χ0n) is 9.91. The minimum Gasteiger partial charge on any atom is -0.326 e. The number of anilines is 1. The van der Waals surface area contributed by atoms with E-state index in [0.29, 0.717) is 10.2 Å². The number of nitrogens with one attached hydrogen (secondary N) is 1. The monoisotopic (exact) mass is 353 g/mol. The van der Waals surface area contributed by atoms with E-state index in [9.17, 15) is 13.2 Å². The van der Waals surface area contributed by atoms with E-state index < -0.39 is 9.05 Å². The number of halogens is 2. The van der Waals surface area contributed by atoms with Crippen LogP contribution < -0.4 is 5.32 Å². The maximum absolute atomic E-state index is 11.7. The summed E-state index contributed by atoms with van der Waals surface area (Å²) in [6.07, 6.45) is 0.737. The average Bonchev–Trinajstić information content (AvgIpc) is 2.26.